The standard InChI is InChI=1S/C20H22ClN3O4S/c21-16-8-10-17(11-9-16)29-14-19(26)24-23-18(25)7-4-12-22-20(27)28-13-15-5-2-1-3-6-15/h1-3,5-6,8-11H,4,7,12-14H2,(H,22,27)(H,23,25)(H,24,26). The SMILES string of the molecule is O=C(CCCNC(=O)OCc1ccccc1)NNC(=O)CSc1ccc(Cl)cc1. The van der Waals surface area contributed by atoms with Crippen LogP contribution >= 0.6 is 23.4 Å². The van der Waals surface area contributed by atoms with Gasteiger partial charge in [-0.15, -0.1) is 11.8 Å². The molecule has 0 saturated carbocycles. The minimum Gasteiger partial charge on any atom is -0.445 e. The first-order chi connectivity index (χ1) is 14.0. The van der Waals surface area contributed by atoms with Crippen molar-refractivity contribution >= 4 is 41.3 Å². The number of halogens is 1. The Morgan fingerprint density at radius 1 is 0.931 bits per heavy atom. The molecule has 2 aromatic carbocycles. The maximum atomic E-state index is 11.7. The lowest BCUT2D eigenvalue weighted by atomic mass is 10.2. The average molecular weight is 436 g/mol. The van der Waals surface area contributed by atoms with Gasteiger partial charge in [0.25, 0.3) is 0 Å². The molecule has 0 aromatic heterocycles. The molecule has 0 spiro atoms. The van der Waals surface area contributed by atoms with Gasteiger partial charge in [0.1, 0.15) is 6.61 Å². The van der Waals surface area contributed by atoms with E-state index in [0.717, 1.165) is 10.5 Å². The van der Waals surface area contributed by atoms with Crippen LogP contribution in [0.25, 0.3) is 0 Å². The Bertz CT molecular complexity index is 803. The van der Waals surface area contributed by atoms with Crippen molar-refractivity contribution in [3.05, 3.63) is 65.2 Å². The van der Waals surface area contributed by atoms with Gasteiger partial charge in [-0.05, 0) is 36.2 Å². The third-order valence-electron chi connectivity index (χ3n) is 3.59. The normalized spacial score (nSPS) is 10.1. The summed E-state index contributed by atoms with van der Waals surface area (Å²) in [5.74, 6) is -0.494. The molecule has 3 N–H and O–H groups in total. The van der Waals surface area contributed by atoms with Crippen molar-refractivity contribution in [1.82, 2.24) is 16.2 Å². The Morgan fingerprint density at radius 3 is 2.34 bits per heavy atom. The van der Waals surface area contributed by atoms with E-state index in [1.54, 1.807) is 12.1 Å². The van der Waals surface area contributed by atoms with E-state index in [1.165, 1.54) is 11.8 Å². The first-order valence-corrected chi connectivity index (χ1v) is 10.3. The van der Waals surface area contributed by atoms with Gasteiger partial charge in [0.05, 0.1) is 5.75 Å². The lowest BCUT2D eigenvalue weighted by Crippen LogP contribution is -2.42. The number of carbonyl (C=O) groups is 3. The summed E-state index contributed by atoms with van der Waals surface area (Å²) >= 11 is 7.14. The molecule has 0 fully saturated rings. The Kier molecular flexibility index (Phi) is 9.88. The molecule has 0 saturated heterocycles. The van der Waals surface area contributed by atoms with Gasteiger partial charge in [-0.2, -0.15) is 0 Å². The van der Waals surface area contributed by atoms with Gasteiger partial charge < -0.3 is 10.1 Å². The highest BCUT2D eigenvalue weighted by Crippen LogP contribution is 2.19. The second kappa shape index (κ2) is 12.7. The average Bonchev–Trinajstić information content (AvgIpc) is 2.74. The maximum absolute atomic E-state index is 11.7. The first kappa shape index (κ1) is 22.6. The largest absolute Gasteiger partial charge is 0.445 e. The fraction of sp³-hybridized carbons (Fsp3) is 0.250. The van der Waals surface area contributed by atoms with Gasteiger partial charge in [0.2, 0.25) is 11.8 Å². The van der Waals surface area contributed by atoms with Crippen LogP contribution in [0.1, 0.15) is 18.4 Å². The van der Waals surface area contributed by atoms with Crippen LogP contribution in [0.2, 0.25) is 5.02 Å². The molecule has 0 aliphatic heterocycles. The van der Waals surface area contributed by atoms with Gasteiger partial charge >= 0.3 is 6.09 Å². The number of alkyl carbamates (subject to hydrolysis) is 1. The zero-order valence-corrected chi connectivity index (χ0v) is 17.2. The van der Waals surface area contributed by atoms with Gasteiger partial charge in [-0.1, -0.05) is 41.9 Å². The molecule has 0 atom stereocenters. The Balaban J connectivity index is 1.50. The molecule has 2 rings (SSSR count). The topological polar surface area (TPSA) is 96.5 Å². The van der Waals surface area contributed by atoms with Crippen LogP contribution in [0.3, 0.4) is 0 Å². The number of hydrogen-bond acceptors (Lipinski definition) is 5. The third kappa shape index (κ3) is 9.87. The van der Waals surface area contributed by atoms with Crippen molar-refractivity contribution in [3.63, 3.8) is 0 Å². The van der Waals surface area contributed by atoms with Crippen molar-refractivity contribution < 1.29 is 19.1 Å². The number of rotatable bonds is 9. The van der Waals surface area contributed by atoms with Crippen LogP contribution < -0.4 is 16.2 Å². The van der Waals surface area contributed by atoms with Crippen molar-refractivity contribution in [3.8, 4) is 0 Å². The van der Waals surface area contributed by atoms with Crippen molar-refractivity contribution in [2.24, 2.45) is 0 Å². The zero-order chi connectivity index (χ0) is 20.9. The van der Waals surface area contributed by atoms with Crippen LogP contribution in [-0.4, -0.2) is 30.2 Å². The van der Waals surface area contributed by atoms with E-state index in [9.17, 15) is 14.4 Å². The molecule has 0 unspecified atom stereocenters. The highest BCUT2D eigenvalue weighted by atomic mass is 35.5. The molecule has 0 radical (unpaired) electrons. The third-order valence-corrected chi connectivity index (χ3v) is 4.85. The molecule has 3 amide bonds. The van der Waals surface area contributed by atoms with Crippen molar-refractivity contribution in [2.75, 3.05) is 12.3 Å². The molecule has 0 aliphatic carbocycles. The predicted molar refractivity (Wildman–Crippen MR) is 112 cm³/mol. The van der Waals surface area contributed by atoms with Crippen LogP contribution in [-0.2, 0) is 20.9 Å². The quantitative estimate of drug-likeness (QED) is 0.319. The second-order valence-electron chi connectivity index (χ2n) is 5.93. The fourth-order valence-corrected chi connectivity index (χ4v) is 2.96. The van der Waals surface area contributed by atoms with E-state index in [1.807, 2.05) is 42.5 Å². The van der Waals surface area contributed by atoms with Crippen LogP contribution in [0, 0.1) is 0 Å². The summed E-state index contributed by atoms with van der Waals surface area (Å²) in [4.78, 5) is 36.0. The lowest BCUT2D eigenvalue weighted by molar-refractivity contribution is -0.127. The van der Waals surface area contributed by atoms with Gasteiger partial charge in [0.15, 0.2) is 0 Å². The highest BCUT2D eigenvalue weighted by molar-refractivity contribution is 8.00. The number of thioether (sulfide) groups is 1. The molecular weight excluding hydrogens is 414 g/mol. The molecule has 0 bridgehead atoms. The summed E-state index contributed by atoms with van der Waals surface area (Å²) in [5.41, 5.74) is 5.60. The summed E-state index contributed by atoms with van der Waals surface area (Å²) in [5, 5.41) is 3.20. The van der Waals surface area contributed by atoms with E-state index in [0.29, 0.717) is 18.0 Å². The zero-order valence-electron chi connectivity index (χ0n) is 15.7. The van der Waals surface area contributed by atoms with Crippen LogP contribution in [0.5, 0.6) is 0 Å². The molecule has 2 aromatic rings. The molecule has 29 heavy (non-hydrogen) atoms. The first-order valence-electron chi connectivity index (χ1n) is 8.93. The summed E-state index contributed by atoms with van der Waals surface area (Å²) < 4.78 is 5.07. The fourth-order valence-electron chi connectivity index (χ4n) is 2.13. The Labute approximate surface area is 178 Å². The number of ether oxygens (including phenoxy) is 1. The predicted octanol–water partition coefficient (Wildman–Crippen LogP) is 3.29. The summed E-state index contributed by atoms with van der Waals surface area (Å²) in [6.45, 7) is 0.481. The molecule has 0 aliphatic rings. The molecule has 0 heterocycles. The van der Waals surface area contributed by atoms with E-state index in [4.69, 9.17) is 16.3 Å². The number of hydrogen-bond donors (Lipinski definition) is 3. The van der Waals surface area contributed by atoms with E-state index in [2.05, 4.69) is 16.2 Å². The lowest BCUT2D eigenvalue weighted by Gasteiger charge is -2.08. The minimum absolute atomic E-state index is 0.156. The number of amides is 3. The van der Waals surface area contributed by atoms with E-state index in [-0.39, 0.29) is 30.6 Å². The minimum atomic E-state index is -0.540. The van der Waals surface area contributed by atoms with Crippen LogP contribution in [0.15, 0.2) is 59.5 Å². The van der Waals surface area contributed by atoms with E-state index < -0.39 is 6.09 Å². The smallest absolute Gasteiger partial charge is 0.407 e. The molecule has 7 nitrogen and oxygen atoms in total. The Morgan fingerprint density at radius 2 is 1.62 bits per heavy atom. The number of hydrazine groups is 1. The molecular formula is C20H22ClN3O4S. The summed E-state index contributed by atoms with van der Waals surface area (Å²) in [7, 11) is 0. The van der Waals surface area contributed by atoms with Gasteiger partial charge in [-0.3, -0.25) is 20.4 Å². The Hall–Kier alpha value is -2.71. The van der Waals surface area contributed by atoms with Gasteiger partial charge in [-0.25, -0.2) is 4.79 Å². The van der Waals surface area contributed by atoms with Gasteiger partial charge in [0, 0.05) is 22.9 Å². The molecule has 154 valence electrons. The number of benzene rings is 2. The van der Waals surface area contributed by atoms with Crippen LogP contribution in [0.4, 0.5) is 4.79 Å². The second-order valence-corrected chi connectivity index (χ2v) is 7.42. The number of carbonyl (C=O) groups excluding carboxylic acids is 3. The van der Waals surface area contributed by atoms with E-state index >= 15 is 0 Å². The highest BCUT2D eigenvalue weighted by Gasteiger charge is 2.07. The van der Waals surface area contributed by atoms with Crippen molar-refractivity contribution in [1.29, 1.82) is 0 Å². The summed E-state index contributed by atoms with van der Waals surface area (Å²) in [6.07, 6.45) is 0.0346. The monoisotopic (exact) mass is 435 g/mol. The molecule has 9 heteroatoms. The van der Waals surface area contributed by atoms with Crippen molar-refractivity contribution in [2.45, 2.75) is 24.3 Å². The summed E-state index contributed by atoms with van der Waals surface area (Å²) in [6, 6.07) is 16.5. The number of nitrogens with one attached hydrogen (secondary N) is 3. The maximum Gasteiger partial charge on any atom is 0.407 e.